The first-order valence-corrected chi connectivity index (χ1v) is 7.12. The molecule has 2 rings (SSSR count). The minimum atomic E-state index is -0.321. The Morgan fingerprint density at radius 2 is 2.17 bits per heavy atom. The molecule has 0 bridgehead atoms. The summed E-state index contributed by atoms with van der Waals surface area (Å²) in [5.74, 6) is 0.989. The molecule has 1 nitrogen and oxygen atoms in total. The van der Waals surface area contributed by atoms with E-state index in [1.807, 2.05) is 13.1 Å². The Kier molecular flexibility index (Phi) is 4.63. The van der Waals surface area contributed by atoms with Crippen molar-refractivity contribution in [1.29, 1.82) is 0 Å². The Balaban J connectivity index is 2.24. The molecule has 0 saturated heterocycles. The molecule has 1 aliphatic rings. The first-order chi connectivity index (χ1) is 8.63. The number of halogens is 2. The van der Waals surface area contributed by atoms with Crippen LogP contribution in [0, 0.1) is 17.7 Å². The molecule has 0 aliphatic heterocycles. The van der Waals surface area contributed by atoms with Gasteiger partial charge < -0.3 is 5.32 Å². The highest BCUT2D eigenvalue weighted by Gasteiger charge is 2.28. The van der Waals surface area contributed by atoms with Crippen molar-refractivity contribution in [3.8, 4) is 0 Å². The quantitative estimate of drug-likeness (QED) is 0.848. The summed E-state index contributed by atoms with van der Waals surface area (Å²) < 4.78 is 13.6. The van der Waals surface area contributed by atoms with Crippen LogP contribution in [0.5, 0.6) is 0 Å². The highest BCUT2D eigenvalue weighted by atomic mass is 35.5. The third kappa shape index (κ3) is 2.86. The van der Waals surface area contributed by atoms with Crippen LogP contribution in [0.25, 0.3) is 0 Å². The van der Waals surface area contributed by atoms with Crippen LogP contribution in [0.1, 0.15) is 44.2 Å². The third-order valence-corrected chi connectivity index (χ3v) is 4.47. The van der Waals surface area contributed by atoms with E-state index in [0.29, 0.717) is 5.92 Å². The molecule has 18 heavy (non-hydrogen) atoms. The van der Waals surface area contributed by atoms with Gasteiger partial charge in [-0.05, 0) is 43.4 Å². The van der Waals surface area contributed by atoms with E-state index in [-0.39, 0.29) is 16.9 Å². The number of hydrogen-bond donors (Lipinski definition) is 1. The van der Waals surface area contributed by atoms with Crippen molar-refractivity contribution in [1.82, 2.24) is 5.32 Å². The summed E-state index contributed by atoms with van der Waals surface area (Å²) in [5.41, 5.74) is 0.901. The molecule has 0 aromatic heterocycles. The van der Waals surface area contributed by atoms with E-state index in [1.54, 1.807) is 6.07 Å². The standard InChI is InChI=1S/C15H21ClFN/c1-10-5-3-6-11(9-10)15(18-2)12-7-4-8-13(17)14(12)16/h4,7-8,10-11,15,18H,3,5-6,9H2,1-2H3. The first kappa shape index (κ1) is 13.8. The second-order valence-corrected chi connectivity index (χ2v) is 5.82. The Morgan fingerprint density at radius 1 is 1.39 bits per heavy atom. The highest BCUT2D eigenvalue weighted by Crippen LogP contribution is 2.39. The maximum atomic E-state index is 13.6. The fraction of sp³-hybridized carbons (Fsp3) is 0.600. The van der Waals surface area contributed by atoms with Crippen LogP contribution in [0.4, 0.5) is 4.39 Å². The Morgan fingerprint density at radius 3 is 2.83 bits per heavy atom. The predicted molar refractivity (Wildman–Crippen MR) is 74.3 cm³/mol. The summed E-state index contributed by atoms with van der Waals surface area (Å²) >= 11 is 6.11. The first-order valence-electron chi connectivity index (χ1n) is 6.74. The van der Waals surface area contributed by atoms with Crippen LogP contribution >= 0.6 is 11.6 Å². The number of nitrogens with one attached hydrogen (secondary N) is 1. The van der Waals surface area contributed by atoms with Crippen LogP contribution in [0.3, 0.4) is 0 Å². The van der Waals surface area contributed by atoms with Crippen molar-refractivity contribution in [2.45, 2.75) is 38.6 Å². The topological polar surface area (TPSA) is 12.0 Å². The van der Waals surface area contributed by atoms with Gasteiger partial charge in [0.15, 0.2) is 0 Å². The molecule has 3 unspecified atom stereocenters. The van der Waals surface area contributed by atoms with Crippen molar-refractivity contribution in [2.24, 2.45) is 11.8 Å². The lowest BCUT2D eigenvalue weighted by Gasteiger charge is -2.33. The van der Waals surface area contributed by atoms with Crippen molar-refractivity contribution in [2.75, 3.05) is 7.05 Å². The predicted octanol–water partition coefficient (Wildman–Crippen LogP) is 4.57. The lowest BCUT2D eigenvalue weighted by Crippen LogP contribution is -2.29. The van der Waals surface area contributed by atoms with Crippen LogP contribution in [-0.4, -0.2) is 7.05 Å². The van der Waals surface area contributed by atoms with Crippen molar-refractivity contribution < 1.29 is 4.39 Å². The molecule has 1 fully saturated rings. The molecule has 100 valence electrons. The minimum absolute atomic E-state index is 0.163. The van der Waals surface area contributed by atoms with Crippen molar-refractivity contribution >= 4 is 11.6 Å². The van der Waals surface area contributed by atoms with Crippen molar-refractivity contribution in [3.63, 3.8) is 0 Å². The third-order valence-electron chi connectivity index (χ3n) is 4.08. The number of benzene rings is 1. The van der Waals surface area contributed by atoms with E-state index in [9.17, 15) is 4.39 Å². The summed E-state index contributed by atoms with van der Waals surface area (Å²) in [4.78, 5) is 0. The Bertz CT molecular complexity index is 407. The summed E-state index contributed by atoms with van der Waals surface area (Å²) in [6, 6.07) is 5.26. The zero-order valence-electron chi connectivity index (χ0n) is 11.0. The van der Waals surface area contributed by atoms with E-state index in [4.69, 9.17) is 11.6 Å². The van der Waals surface area contributed by atoms with Crippen LogP contribution in [0.15, 0.2) is 18.2 Å². The number of rotatable bonds is 3. The average Bonchev–Trinajstić information content (AvgIpc) is 2.35. The fourth-order valence-electron chi connectivity index (χ4n) is 3.19. The molecule has 1 aromatic carbocycles. The molecular weight excluding hydrogens is 249 g/mol. The lowest BCUT2D eigenvalue weighted by molar-refractivity contribution is 0.230. The second kappa shape index (κ2) is 6.03. The summed E-state index contributed by atoms with van der Waals surface area (Å²) in [7, 11) is 1.94. The normalized spacial score (nSPS) is 26.0. The Hall–Kier alpha value is -0.600. The summed E-state index contributed by atoms with van der Waals surface area (Å²) in [6.45, 7) is 2.30. The molecule has 1 N–H and O–H groups in total. The van der Waals surface area contributed by atoms with E-state index in [1.165, 1.54) is 31.7 Å². The lowest BCUT2D eigenvalue weighted by atomic mass is 9.76. The van der Waals surface area contributed by atoms with Gasteiger partial charge in [0.2, 0.25) is 0 Å². The van der Waals surface area contributed by atoms with Gasteiger partial charge in [0.25, 0.3) is 0 Å². The zero-order chi connectivity index (χ0) is 13.1. The molecule has 0 spiro atoms. The molecule has 1 aromatic rings. The van der Waals surface area contributed by atoms with E-state index < -0.39 is 0 Å². The SMILES string of the molecule is CNC(c1cccc(F)c1Cl)C1CCCC(C)C1. The van der Waals surface area contributed by atoms with Gasteiger partial charge in [-0.1, -0.05) is 43.5 Å². The van der Waals surface area contributed by atoms with Gasteiger partial charge in [-0.25, -0.2) is 4.39 Å². The number of hydrogen-bond acceptors (Lipinski definition) is 1. The van der Waals surface area contributed by atoms with Gasteiger partial charge in [0.1, 0.15) is 5.82 Å². The fourth-order valence-corrected chi connectivity index (χ4v) is 3.43. The molecule has 3 atom stereocenters. The zero-order valence-corrected chi connectivity index (χ0v) is 11.8. The second-order valence-electron chi connectivity index (χ2n) is 5.44. The maximum absolute atomic E-state index is 13.6. The maximum Gasteiger partial charge on any atom is 0.142 e. The van der Waals surface area contributed by atoms with Crippen LogP contribution in [-0.2, 0) is 0 Å². The van der Waals surface area contributed by atoms with Crippen LogP contribution < -0.4 is 5.32 Å². The molecule has 1 saturated carbocycles. The molecule has 0 amide bonds. The van der Waals surface area contributed by atoms with Gasteiger partial charge in [-0.3, -0.25) is 0 Å². The Labute approximate surface area is 114 Å². The van der Waals surface area contributed by atoms with Gasteiger partial charge in [0.05, 0.1) is 5.02 Å². The molecular formula is C15H21ClFN. The van der Waals surface area contributed by atoms with Gasteiger partial charge in [-0.15, -0.1) is 0 Å². The van der Waals surface area contributed by atoms with Gasteiger partial charge in [-0.2, -0.15) is 0 Å². The largest absolute Gasteiger partial charge is 0.313 e. The molecule has 1 aliphatic carbocycles. The molecule has 3 heteroatoms. The van der Waals surface area contributed by atoms with Crippen molar-refractivity contribution in [3.05, 3.63) is 34.6 Å². The van der Waals surface area contributed by atoms with E-state index >= 15 is 0 Å². The smallest absolute Gasteiger partial charge is 0.142 e. The summed E-state index contributed by atoms with van der Waals surface area (Å²) in [6.07, 6.45) is 4.96. The summed E-state index contributed by atoms with van der Waals surface area (Å²) in [5, 5.41) is 3.60. The van der Waals surface area contributed by atoms with E-state index in [2.05, 4.69) is 12.2 Å². The van der Waals surface area contributed by atoms with E-state index in [0.717, 1.165) is 11.5 Å². The molecule has 0 heterocycles. The van der Waals surface area contributed by atoms with Gasteiger partial charge in [0, 0.05) is 6.04 Å². The van der Waals surface area contributed by atoms with Gasteiger partial charge >= 0.3 is 0 Å². The highest BCUT2D eigenvalue weighted by molar-refractivity contribution is 6.31. The molecule has 0 radical (unpaired) electrons. The minimum Gasteiger partial charge on any atom is -0.313 e. The van der Waals surface area contributed by atoms with Crippen LogP contribution in [0.2, 0.25) is 5.02 Å². The monoisotopic (exact) mass is 269 g/mol. The average molecular weight is 270 g/mol.